The van der Waals surface area contributed by atoms with E-state index in [4.69, 9.17) is 8.85 Å². The van der Waals surface area contributed by atoms with Gasteiger partial charge in [0, 0.05) is 24.7 Å². The minimum Gasteiger partial charge on any atom is -0.418 e. The van der Waals surface area contributed by atoms with Crippen LogP contribution in [0.2, 0.25) is 38.3 Å². The maximum Gasteiger partial charge on any atom is 0.186 e. The Bertz CT molecular complexity index is 230. The van der Waals surface area contributed by atoms with Gasteiger partial charge < -0.3 is 8.85 Å². The molecule has 0 amide bonds. The minimum absolute atomic E-state index is 0.873. The summed E-state index contributed by atoms with van der Waals surface area (Å²) in [5, 5.41) is 0. The second kappa shape index (κ2) is 12.8. The lowest BCUT2D eigenvalue weighted by molar-refractivity contribution is 0.328. The first kappa shape index (κ1) is 22.4. The average molecular weight is 387 g/mol. The van der Waals surface area contributed by atoms with Crippen molar-refractivity contribution in [3.8, 4) is 0 Å². The van der Waals surface area contributed by atoms with E-state index in [-0.39, 0.29) is 0 Å². The van der Waals surface area contributed by atoms with Gasteiger partial charge in [0.1, 0.15) is 0 Å². The number of hydrogen-bond donors (Lipinski definition) is 0. The van der Waals surface area contributed by atoms with Crippen molar-refractivity contribution in [3.63, 3.8) is 0 Å². The first-order chi connectivity index (χ1) is 9.83. The molecule has 0 atom stereocenters. The van der Waals surface area contributed by atoms with Gasteiger partial charge in [-0.05, 0) is 74.8 Å². The molecule has 0 radical (unpaired) electrons. The fraction of sp³-hybridized carbons (Fsp3) is 1.00. The van der Waals surface area contributed by atoms with Crippen LogP contribution in [-0.2, 0) is 8.85 Å². The molecule has 2 nitrogen and oxygen atoms in total. The molecule has 0 aliphatic carbocycles. The molecular weight excluding hydrogens is 353 g/mol. The predicted octanol–water partition coefficient (Wildman–Crippen LogP) is 6.28. The fourth-order valence-electron chi connectivity index (χ4n) is 2.14. The Hall–Kier alpha value is 1.40. The van der Waals surface area contributed by atoms with Gasteiger partial charge in [-0.2, -0.15) is 0 Å². The maximum absolute atomic E-state index is 5.85. The van der Waals surface area contributed by atoms with Crippen LogP contribution in [0.15, 0.2) is 0 Å². The van der Waals surface area contributed by atoms with Gasteiger partial charge in [0.2, 0.25) is 0 Å². The third kappa shape index (κ3) is 14.7. The topological polar surface area (TPSA) is 18.5 Å². The molecule has 7 heteroatoms. The Morgan fingerprint density at radius 3 is 1.43 bits per heavy atom. The van der Waals surface area contributed by atoms with Gasteiger partial charge in [-0.1, -0.05) is 21.6 Å². The Balaban J connectivity index is 3.37. The molecule has 0 heterocycles. The highest BCUT2D eigenvalue weighted by atomic mass is 33.5. The lowest BCUT2D eigenvalue weighted by Gasteiger charge is -2.21. The Kier molecular flexibility index (Phi) is 13.6. The van der Waals surface area contributed by atoms with E-state index in [1.807, 2.05) is 31.4 Å². The second-order valence-corrected chi connectivity index (χ2v) is 19.4. The van der Waals surface area contributed by atoms with Crippen LogP contribution in [0.25, 0.3) is 0 Å². The van der Waals surface area contributed by atoms with Crippen molar-refractivity contribution in [2.24, 2.45) is 0 Å². The van der Waals surface area contributed by atoms with E-state index >= 15 is 0 Å². The van der Waals surface area contributed by atoms with E-state index in [0.29, 0.717) is 0 Å². The summed E-state index contributed by atoms with van der Waals surface area (Å²) in [7, 11) is 3.27. The molecule has 0 unspecified atom stereocenters. The highest BCUT2D eigenvalue weighted by Gasteiger charge is 2.21. The summed E-state index contributed by atoms with van der Waals surface area (Å²) < 4.78 is 11.7. The summed E-state index contributed by atoms with van der Waals surface area (Å²) in [5.41, 5.74) is 0. The molecule has 0 aliphatic rings. The molecule has 0 saturated heterocycles. The van der Waals surface area contributed by atoms with Crippen LogP contribution in [0.3, 0.4) is 0 Å². The Morgan fingerprint density at radius 1 is 0.714 bits per heavy atom. The van der Waals surface area contributed by atoms with E-state index < -0.39 is 16.6 Å². The highest BCUT2D eigenvalue weighted by Crippen LogP contribution is 2.36. The van der Waals surface area contributed by atoms with Gasteiger partial charge in [-0.25, -0.2) is 0 Å². The van der Waals surface area contributed by atoms with E-state index in [9.17, 15) is 0 Å². The van der Waals surface area contributed by atoms with Crippen molar-refractivity contribution in [2.45, 2.75) is 65.0 Å². The molecule has 0 spiro atoms. The van der Waals surface area contributed by atoms with Gasteiger partial charge in [0.25, 0.3) is 0 Å². The van der Waals surface area contributed by atoms with Crippen LogP contribution in [0, 0.1) is 0 Å². The molecule has 0 aromatic rings. The standard InChI is InChI=1S/C14H34O2S3Si2/c1-7-15-20(3,4)13-9-11-17-19-18-12-10-14-21(5,6)16-8-2/h7-14H2,1-6H3. The lowest BCUT2D eigenvalue weighted by Crippen LogP contribution is -2.30. The zero-order chi connectivity index (χ0) is 16.2. The number of hydrogen-bond acceptors (Lipinski definition) is 5. The molecule has 0 aromatic carbocycles. The molecule has 0 saturated carbocycles. The summed E-state index contributed by atoms with van der Waals surface area (Å²) in [6.07, 6.45) is 2.59. The summed E-state index contributed by atoms with van der Waals surface area (Å²) in [4.78, 5) is 0. The van der Waals surface area contributed by atoms with E-state index in [2.05, 4.69) is 40.0 Å². The van der Waals surface area contributed by atoms with Gasteiger partial charge in [-0.15, -0.1) is 0 Å². The monoisotopic (exact) mass is 386 g/mol. The van der Waals surface area contributed by atoms with Crippen LogP contribution in [0.1, 0.15) is 26.7 Å². The van der Waals surface area contributed by atoms with Crippen molar-refractivity contribution in [3.05, 3.63) is 0 Å². The quantitative estimate of drug-likeness (QED) is 0.198. The van der Waals surface area contributed by atoms with E-state index in [1.165, 1.54) is 36.4 Å². The average Bonchev–Trinajstić information content (AvgIpc) is 2.36. The summed E-state index contributed by atoms with van der Waals surface area (Å²) >= 11 is 0. The van der Waals surface area contributed by atoms with Crippen LogP contribution in [0.5, 0.6) is 0 Å². The van der Waals surface area contributed by atoms with E-state index in [0.717, 1.165) is 13.2 Å². The molecule has 0 bridgehead atoms. The lowest BCUT2D eigenvalue weighted by atomic mass is 10.6. The largest absolute Gasteiger partial charge is 0.418 e. The predicted molar refractivity (Wildman–Crippen MR) is 110 cm³/mol. The summed E-state index contributed by atoms with van der Waals surface area (Å²) in [6.45, 7) is 15.3. The molecule has 0 rings (SSSR count). The van der Waals surface area contributed by atoms with Crippen LogP contribution < -0.4 is 0 Å². The number of rotatable bonds is 14. The molecular formula is C14H34O2S3Si2. The first-order valence-electron chi connectivity index (χ1n) is 8.02. The Morgan fingerprint density at radius 2 is 1.10 bits per heavy atom. The molecule has 21 heavy (non-hydrogen) atoms. The van der Waals surface area contributed by atoms with Crippen molar-refractivity contribution >= 4 is 48.0 Å². The minimum atomic E-state index is -1.35. The zero-order valence-electron chi connectivity index (χ0n) is 14.7. The van der Waals surface area contributed by atoms with Gasteiger partial charge >= 0.3 is 0 Å². The SMILES string of the molecule is CCO[Si](C)(C)CCCSSSCCC[Si](C)(C)OCC. The van der Waals surface area contributed by atoms with Gasteiger partial charge in [0.15, 0.2) is 16.6 Å². The van der Waals surface area contributed by atoms with Gasteiger partial charge in [-0.3, -0.25) is 0 Å². The molecule has 0 aliphatic heterocycles. The fourth-order valence-corrected chi connectivity index (χ4v) is 10.4. The molecule has 0 fully saturated rings. The van der Waals surface area contributed by atoms with Crippen molar-refractivity contribution in [1.82, 2.24) is 0 Å². The van der Waals surface area contributed by atoms with Crippen molar-refractivity contribution in [2.75, 3.05) is 24.7 Å². The third-order valence-electron chi connectivity index (χ3n) is 3.18. The third-order valence-corrected chi connectivity index (χ3v) is 12.8. The molecule has 128 valence electrons. The second-order valence-electron chi connectivity index (χ2n) is 6.30. The van der Waals surface area contributed by atoms with E-state index in [1.54, 1.807) is 0 Å². The van der Waals surface area contributed by atoms with Crippen molar-refractivity contribution in [1.29, 1.82) is 0 Å². The van der Waals surface area contributed by atoms with Crippen LogP contribution in [0.4, 0.5) is 0 Å². The summed E-state index contributed by atoms with van der Waals surface area (Å²) in [6, 6.07) is 2.57. The van der Waals surface area contributed by atoms with Crippen LogP contribution >= 0.6 is 31.4 Å². The van der Waals surface area contributed by atoms with Crippen LogP contribution in [-0.4, -0.2) is 41.4 Å². The van der Waals surface area contributed by atoms with Gasteiger partial charge in [0.05, 0.1) is 0 Å². The smallest absolute Gasteiger partial charge is 0.186 e. The first-order valence-corrected chi connectivity index (χ1v) is 18.1. The molecule has 0 aromatic heterocycles. The Labute approximate surface area is 146 Å². The zero-order valence-corrected chi connectivity index (χ0v) is 19.1. The normalized spacial score (nSPS) is 12.9. The summed E-state index contributed by atoms with van der Waals surface area (Å²) in [5.74, 6) is 2.50. The maximum atomic E-state index is 5.85. The highest BCUT2D eigenvalue weighted by molar-refractivity contribution is 9.09. The van der Waals surface area contributed by atoms with Crippen molar-refractivity contribution < 1.29 is 8.85 Å². The molecule has 0 N–H and O–H groups in total.